The summed E-state index contributed by atoms with van der Waals surface area (Å²) in [7, 11) is 1.34. The minimum absolute atomic E-state index is 0.154. The Hall–Kier alpha value is -3.19. The van der Waals surface area contributed by atoms with Crippen molar-refractivity contribution in [2.75, 3.05) is 13.7 Å². The Morgan fingerprint density at radius 3 is 2.64 bits per heavy atom. The van der Waals surface area contributed by atoms with E-state index in [-0.39, 0.29) is 6.61 Å². The number of carbonyl (C=O) groups is 2. The lowest BCUT2D eigenvalue weighted by molar-refractivity contribution is -0.120. The number of thiazole rings is 1. The molecule has 2 aromatic carbocycles. The van der Waals surface area contributed by atoms with E-state index in [1.54, 1.807) is 18.2 Å². The number of hydrogen-bond acceptors (Lipinski definition) is 5. The lowest BCUT2D eigenvalue weighted by atomic mass is 10.2. The molecule has 1 amide bonds. The van der Waals surface area contributed by atoms with Crippen LogP contribution in [0.15, 0.2) is 60.1 Å². The second-order valence-corrected chi connectivity index (χ2v) is 7.07. The molecule has 0 aliphatic heterocycles. The Labute approximate surface area is 166 Å². The molecule has 0 saturated carbocycles. The maximum atomic E-state index is 12.3. The molecule has 0 aliphatic rings. The van der Waals surface area contributed by atoms with Crippen molar-refractivity contribution in [3.63, 3.8) is 0 Å². The minimum atomic E-state index is -0.411. The molecule has 0 atom stereocenters. The van der Waals surface area contributed by atoms with Gasteiger partial charge in [0.1, 0.15) is 5.75 Å². The van der Waals surface area contributed by atoms with Gasteiger partial charge in [-0.25, -0.2) is 4.79 Å². The van der Waals surface area contributed by atoms with Gasteiger partial charge in [0.2, 0.25) is 0 Å². The number of aromatic nitrogens is 1. The van der Waals surface area contributed by atoms with E-state index in [0.29, 0.717) is 22.7 Å². The smallest absolute Gasteiger partial charge is 0.337 e. The van der Waals surface area contributed by atoms with Gasteiger partial charge in [-0.2, -0.15) is 4.99 Å². The minimum Gasteiger partial charge on any atom is -0.484 e. The number of hydrogen-bond donors (Lipinski definition) is 0. The summed E-state index contributed by atoms with van der Waals surface area (Å²) < 4.78 is 13.0. The molecule has 0 saturated heterocycles. The summed E-state index contributed by atoms with van der Waals surface area (Å²) in [6.07, 6.45) is 1.73. The van der Waals surface area contributed by atoms with Crippen molar-refractivity contribution in [1.29, 1.82) is 0 Å². The lowest BCUT2D eigenvalue weighted by Gasteiger charge is -2.04. The number of aryl methyl sites for hydroxylation is 1. The van der Waals surface area contributed by atoms with Gasteiger partial charge in [0.25, 0.3) is 5.91 Å². The van der Waals surface area contributed by atoms with Crippen LogP contribution in [0.5, 0.6) is 5.75 Å². The summed E-state index contributed by atoms with van der Waals surface area (Å²) >= 11 is 1.32. The zero-order chi connectivity index (χ0) is 20.1. The molecule has 0 bridgehead atoms. The number of ether oxygens (including phenoxy) is 2. The molecule has 3 rings (SSSR count). The third kappa shape index (κ3) is 4.37. The fourth-order valence-corrected chi connectivity index (χ4v) is 3.72. The monoisotopic (exact) mass is 396 g/mol. The van der Waals surface area contributed by atoms with Crippen molar-refractivity contribution in [3.05, 3.63) is 71.0 Å². The predicted octanol–water partition coefficient (Wildman–Crippen LogP) is 3.49. The molecular weight excluding hydrogens is 376 g/mol. The number of allylic oxidation sites excluding steroid dienone is 1. The number of nitrogens with zero attached hydrogens (tertiary/aromatic N) is 2. The fourth-order valence-electron chi connectivity index (χ4n) is 2.63. The number of methoxy groups -OCH3 is 1. The maximum Gasteiger partial charge on any atom is 0.337 e. The quantitative estimate of drug-likeness (QED) is 0.472. The van der Waals surface area contributed by atoms with Gasteiger partial charge in [0.05, 0.1) is 22.9 Å². The van der Waals surface area contributed by atoms with Gasteiger partial charge in [-0.05, 0) is 37.3 Å². The molecule has 0 fully saturated rings. The largest absolute Gasteiger partial charge is 0.484 e. The number of esters is 1. The predicted molar refractivity (Wildman–Crippen MR) is 109 cm³/mol. The average molecular weight is 396 g/mol. The number of carbonyl (C=O) groups excluding carboxylic acids is 2. The van der Waals surface area contributed by atoms with Crippen LogP contribution in [0.2, 0.25) is 0 Å². The van der Waals surface area contributed by atoms with E-state index in [4.69, 9.17) is 9.47 Å². The first kappa shape index (κ1) is 19.6. The highest BCUT2D eigenvalue weighted by atomic mass is 32.1. The number of amides is 1. The molecule has 6 nitrogen and oxygen atoms in total. The average Bonchev–Trinajstić information content (AvgIpc) is 3.03. The first-order valence-corrected chi connectivity index (χ1v) is 9.43. The zero-order valence-corrected chi connectivity index (χ0v) is 16.5. The standard InChI is InChI=1S/C21H20N2O4S/c1-4-11-23-17-10-7-15(20(25)26-3)12-18(17)28-21(23)22-19(24)13-27-16-8-5-14(2)6-9-16/h4-10,12H,1,11,13H2,2-3H3. The van der Waals surface area contributed by atoms with E-state index in [1.165, 1.54) is 18.4 Å². The second-order valence-electron chi connectivity index (χ2n) is 6.07. The second kappa shape index (κ2) is 8.67. The molecule has 0 N–H and O–H groups in total. The normalized spacial score (nSPS) is 11.4. The topological polar surface area (TPSA) is 69.9 Å². The van der Waals surface area contributed by atoms with Crippen molar-refractivity contribution < 1.29 is 19.1 Å². The molecule has 1 aromatic heterocycles. The third-order valence-corrected chi connectivity index (χ3v) is 5.06. The molecule has 0 aliphatic carbocycles. The number of fused-ring (bicyclic) bond motifs is 1. The van der Waals surface area contributed by atoms with E-state index in [2.05, 4.69) is 11.6 Å². The molecule has 7 heteroatoms. The van der Waals surface area contributed by atoms with Gasteiger partial charge in [-0.1, -0.05) is 35.1 Å². The van der Waals surface area contributed by atoms with E-state index in [1.807, 2.05) is 41.8 Å². The van der Waals surface area contributed by atoms with E-state index < -0.39 is 11.9 Å². The van der Waals surface area contributed by atoms with E-state index in [9.17, 15) is 9.59 Å². The third-order valence-electron chi connectivity index (χ3n) is 4.02. The maximum absolute atomic E-state index is 12.3. The molecule has 0 radical (unpaired) electrons. The van der Waals surface area contributed by atoms with Crippen LogP contribution in [-0.4, -0.2) is 30.2 Å². The van der Waals surface area contributed by atoms with Crippen molar-refractivity contribution in [1.82, 2.24) is 4.57 Å². The molecule has 3 aromatic rings. The van der Waals surface area contributed by atoms with Crippen LogP contribution >= 0.6 is 11.3 Å². The van der Waals surface area contributed by atoms with Crippen LogP contribution < -0.4 is 9.54 Å². The van der Waals surface area contributed by atoms with Crippen molar-refractivity contribution in [3.8, 4) is 5.75 Å². The summed E-state index contributed by atoms with van der Waals surface area (Å²) in [5.74, 6) is -0.183. The summed E-state index contributed by atoms with van der Waals surface area (Å²) in [6, 6.07) is 12.7. The summed E-state index contributed by atoms with van der Waals surface area (Å²) in [4.78, 5) is 28.8. The van der Waals surface area contributed by atoms with Gasteiger partial charge in [-0.3, -0.25) is 4.79 Å². The summed E-state index contributed by atoms with van der Waals surface area (Å²) in [5, 5.41) is 0. The zero-order valence-electron chi connectivity index (χ0n) is 15.7. The Morgan fingerprint density at radius 2 is 1.96 bits per heavy atom. The van der Waals surface area contributed by atoms with Crippen LogP contribution in [0.3, 0.4) is 0 Å². The Bertz CT molecular complexity index is 1090. The van der Waals surface area contributed by atoms with Gasteiger partial charge < -0.3 is 14.0 Å². The highest BCUT2D eigenvalue weighted by molar-refractivity contribution is 7.16. The van der Waals surface area contributed by atoms with Crippen molar-refractivity contribution in [2.24, 2.45) is 4.99 Å². The van der Waals surface area contributed by atoms with Crippen LogP contribution in [0.25, 0.3) is 10.2 Å². The summed E-state index contributed by atoms with van der Waals surface area (Å²) in [6.45, 7) is 6.08. The van der Waals surface area contributed by atoms with Crippen LogP contribution in [0.4, 0.5) is 0 Å². The summed E-state index contributed by atoms with van der Waals surface area (Å²) in [5.41, 5.74) is 2.43. The fraction of sp³-hybridized carbons (Fsp3) is 0.190. The molecular formula is C21H20N2O4S. The Balaban J connectivity index is 1.89. The van der Waals surface area contributed by atoms with Crippen LogP contribution in [0, 0.1) is 6.92 Å². The van der Waals surface area contributed by atoms with Crippen LogP contribution in [-0.2, 0) is 16.1 Å². The molecule has 28 heavy (non-hydrogen) atoms. The molecule has 0 unspecified atom stereocenters. The van der Waals surface area contributed by atoms with E-state index in [0.717, 1.165) is 15.8 Å². The number of benzene rings is 2. The number of rotatable bonds is 6. The Morgan fingerprint density at radius 1 is 1.21 bits per heavy atom. The lowest BCUT2D eigenvalue weighted by Crippen LogP contribution is -2.19. The van der Waals surface area contributed by atoms with Gasteiger partial charge in [-0.15, -0.1) is 6.58 Å². The highest BCUT2D eigenvalue weighted by Gasteiger charge is 2.11. The first-order chi connectivity index (χ1) is 13.5. The SMILES string of the molecule is C=CCn1c(=NC(=O)COc2ccc(C)cc2)sc2cc(C(=O)OC)ccc21. The first-order valence-electron chi connectivity index (χ1n) is 8.61. The van der Waals surface area contributed by atoms with Crippen molar-refractivity contribution in [2.45, 2.75) is 13.5 Å². The highest BCUT2D eigenvalue weighted by Crippen LogP contribution is 2.20. The molecule has 0 spiro atoms. The molecule has 144 valence electrons. The van der Waals surface area contributed by atoms with Crippen molar-refractivity contribution >= 4 is 33.4 Å². The van der Waals surface area contributed by atoms with Crippen LogP contribution in [0.1, 0.15) is 15.9 Å². The Kier molecular flexibility index (Phi) is 6.06. The van der Waals surface area contributed by atoms with Gasteiger partial charge >= 0.3 is 5.97 Å². The molecule has 1 heterocycles. The van der Waals surface area contributed by atoms with Gasteiger partial charge in [0, 0.05) is 6.54 Å². The van der Waals surface area contributed by atoms with E-state index >= 15 is 0 Å². The van der Waals surface area contributed by atoms with Gasteiger partial charge in [0.15, 0.2) is 11.4 Å².